The van der Waals surface area contributed by atoms with Gasteiger partial charge in [0.2, 0.25) is 0 Å². The number of rotatable bonds is 5. The van der Waals surface area contributed by atoms with Gasteiger partial charge in [-0.1, -0.05) is 6.92 Å². The molecule has 224 valence electrons. The Labute approximate surface area is 235 Å². The van der Waals surface area contributed by atoms with Gasteiger partial charge in [0.25, 0.3) is 0 Å². The van der Waals surface area contributed by atoms with Gasteiger partial charge in [0.15, 0.2) is 6.29 Å². The number of cyclic esters (lactones) is 1. The number of carbonyl (C=O) groups excluding carboxylic acids is 1. The minimum absolute atomic E-state index is 0.0469. The van der Waals surface area contributed by atoms with Gasteiger partial charge in [-0.2, -0.15) is 0 Å². The molecule has 0 aromatic rings. The Balaban J connectivity index is 1.23. The van der Waals surface area contributed by atoms with E-state index in [0.29, 0.717) is 51.6 Å². The molecule has 4 N–H and O–H groups in total. The maximum Gasteiger partial charge on any atom is 0.331 e. The average Bonchev–Trinajstić information content (AvgIpc) is 3.46. The number of oxime groups is 1. The maximum absolute atomic E-state index is 12.5. The molecule has 10 heteroatoms. The Morgan fingerprint density at radius 2 is 1.88 bits per heavy atom. The van der Waals surface area contributed by atoms with Crippen molar-refractivity contribution >= 4 is 12.2 Å². The van der Waals surface area contributed by atoms with Crippen molar-refractivity contribution in [3.63, 3.8) is 0 Å². The summed E-state index contributed by atoms with van der Waals surface area (Å²) in [6.45, 7) is 4.27. The molecule has 6 rings (SSSR count). The highest BCUT2D eigenvalue weighted by molar-refractivity contribution is 5.85. The van der Waals surface area contributed by atoms with E-state index in [9.17, 15) is 25.3 Å². The van der Waals surface area contributed by atoms with E-state index in [-0.39, 0.29) is 35.9 Å². The van der Waals surface area contributed by atoms with Crippen LogP contribution in [0.4, 0.5) is 0 Å². The Kier molecular flexibility index (Phi) is 7.15. The number of hydrogen-bond donors (Lipinski definition) is 4. The van der Waals surface area contributed by atoms with Crippen molar-refractivity contribution in [2.75, 3.05) is 13.7 Å². The topological polar surface area (TPSA) is 147 Å². The predicted molar refractivity (Wildman–Crippen MR) is 142 cm³/mol. The summed E-state index contributed by atoms with van der Waals surface area (Å²) in [6.07, 6.45) is 6.96. The first-order valence-electron chi connectivity index (χ1n) is 15.0. The van der Waals surface area contributed by atoms with Gasteiger partial charge in [-0.05, 0) is 81.6 Å². The second-order valence-electron chi connectivity index (χ2n) is 13.6. The lowest BCUT2D eigenvalue weighted by molar-refractivity contribution is -0.284. The SMILES string of the molecule is CO[C@@H]1C[C@H](O[C@@H]2CC[C@]3(/C=N\O)[C@H]4CC[C@]5(C)[C@H](C6=CC(=O)OC6)CC[C@]5(O)[C@@H]4CC[C@]3(O)C2)O[C@@H](C)[C@H]1O. The van der Waals surface area contributed by atoms with Gasteiger partial charge >= 0.3 is 5.97 Å². The van der Waals surface area contributed by atoms with Gasteiger partial charge in [0.1, 0.15) is 12.7 Å². The summed E-state index contributed by atoms with van der Waals surface area (Å²) in [5, 5.41) is 48.5. The standard InChI is InChI=1S/C30H45NO9/c1-17-26(33)23(37-3)13-25(39-17)40-19-4-9-28(16-31-36)21-5-8-27(2)20(18-12-24(32)38-15-18)7-11-30(27,35)22(21)6-10-29(28,34)14-19/h12,16-17,19-23,25-26,33-36H,4-11,13-15H2,1-3H3/b31-16-/t17-,19+,20-,21-,22+,23+,25-,26+,27+,28-,29-,30-/m0/s1. The van der Waals surface area contributed by atoms with Crippen molar-refractivity contribution in [3.8, 4) is 0 Å². The number of carbonyl (C=O) groups is 1. The largest absolute Gasteiger partial charge is 0.458 e. The highest BCUT2D eigenvalue weighted by Crippen LogP contribution is 2.70. The van der Waals surface area contributed by atoms with Gasteiger partial charge in [-0.15, -0.1) is 5.16 Å². The third-order valence-corrected chi connectivity index (χ3v) is 12.2. The molecule has 0 unspecified atom stereocenters. The monoisotopic (exact) mass is 563 g/mol. The number of esters is 1. The van der Waals surface area contributed by atoms with Crippen LogP contribution in [0.15, 0.2) is 16.8 Å². The van der Waals surface area contributed by atoms with Crippen LogP contribution in [0.5, 0.6) is 0 Å². The van der Waals surface area contributed by atoms with E-state index in [1.54, 1.807) is 26.3 Å². The molecule has 1 saturated heterocycles. The number of hydrogen-bond acceptors (Lipinski definition) is 10. The Morgan fingerprint density at radius 1 is 1.10 bits per heavy atom. The lowest BCUT2D eigenvalue weighted by atomic mass is 9.41. The molecule has 6 aliphatic rings. The van der Waals surface area contributed by atoms with Crippen LogP contribution in [0.2, 0.25) is 0 Å². The van der Waals surface area contributed by atoms with E-state index in [0.717, 1.165) is 24.8 Å². The summed E-state index contributed by atoms with van der Waals surface area (Å²) in [7, 11) is 1.57. The third-order valence-electron chi connectivity index (χ3n) is 12.2. The van der Waals surface area contributed by atoms with Gasteiger partial charge in [0.05, 0.1) is 35.7 Å². The molecule has 0 aromatic carbocycles. The fourth-order valence-corrected chi connectivity index (χ4v) is 10.1. The minimum atomic E-state index is -1.15. The lowest BCUT2D eigenvalue weighted by Crippen LogP contribution is -2.69. The molecule has 4 saturated carbocycles. The normalized spacial score (nSPS) is 52.5. The van der Waals surface area contributed by atoms with E-state index in [2.05, 4.69) is 12.1 Å². The first-order valence-corrected chi connectivity index (χ1v) is 15.0. The molecule has 0 bridgehead atoms. The minimum Gasteiger partial charge on any atom is -0.458 e. The predicted octanol–water partition coefficient (Wildman–Crippen LogP) is 2.69. The number of aliphatic hydroxyl groups is 3. The van der Waals surface area contributed by atoms with E-state index in [1.807, 2.05) is 0 Å². The highest BCUT2D eigenvalue weighted by Gasteiger charge is 2.71. The number of aliphatic hydroxyl groups excluding tert-OH is 1. The molecule has 4 aliphatic carbocycles. The molecular weight excluding hydrogens is 518 g/mol. The van der Waals surface area contributed by atoms with E-state index in [4.69, 9.17) is 18.9 Å². The summed E-state index contributed by atoms with van der Waals surface area (Å²) >= 11 is 0. The van der Waals surface area contributed by atoms with E-state index >= 15 is 0 Å². The molecule has 2 heterocycles. The third kappa shape index (κ3) is 4.04. The summed E-state index contributed by atoms with van der Waals surface area (Å²) in [6, 6.07) is 0. The fourth-order valence-electron chi connectivity index (χ4n) is 10.1. The maximum atomic E-state index is 12.5. The fraction of sp³-hybridized carbons (Fsp3) is 0.867. The highest BCUT2D eigenvalue weighted by atomic mass is 16.7. The molecule has 12 atom stereocenters. The molecule has 0 spiro atoms. The summed E-state index contributed by atoms with van der Waals surface area (Å²) in [5.41, 5.74) is -2.28. The first kappa shape index (κ1) is 28.6. The van der Waals surface area contributed by atoms with Crippen molar-refractivity contribution in [3.05, 3.63) is 11.6 Å². The lowest BCUT2D eigenvalue weighted by Gasteiger charge is -2.65. The first-order chi connectivity index (χ1) is 19.0. The van der Waals surface area contributed by atoms with Crippen LogP contribution in [0.3, 0.4) is 0 Å². The number of fused-ring (bicyclic) bond motifs is 5. The second kappa shape index (κ2) is 10.0. The zero-order chi connectivity index (χ0) is 28.5. The van der Waals surface area contributed by atoms with Crippen molar-refractivity contribution in [2.45, 2.75) is 120 Å². The number of methoxy groups -OCH3 is 1. The Morgan fingerprint density at radius 3 is 2.58 bits per heavy atom. The molecule has 40 heavy (non-hydrogen) atoms. The van der Waals surface area contributed by atoms with E-state index in [1.165, 1.54) is 0 Å². The van der Waals surface area contributed by atoms with Crippen molar-refractivity contribution in [1.29, 1.82) is 0 Å². The average molecular weight is 564 g/mol. The van der Waals surface area contributed by atoms with Gasteiger partial charge in [-0.25, -0.2) is 4.79 Å². The quantitative estimate of drug-likeness (QED) is 0.130. The van der Waals surface area contributed by atoms with Crippen LogP contribution < -0.4 is 0 Å². The molecule has 2 aliphatic heterocycles. The Hall–Kier alpha value is -1.56. The smallest absolute Gasteiger partial charge is 0.331 e. The summed E-state index contributed by atoms with van der Waals surface area (Å²) in [5.74, 6) is -0.319. The van der Waals surface area contributed by atoms with E-state index < -0.39 is 40.5 Å². The van der Waals surface area contributed by atoms with Crippen molar-refractivity contribution < 1.29 is 44.3 Å². The molecule has 5 fully saturated rings. The van der Waals surface area contributed by atoms with Crippen LogP contribution >= 0.6 is 0 Å². The van der Waals surface area contributed by atoms with Gasteiger partial charge < -0.3 is 39.5 Å². The number of ether oxygens (including phenoxy) is 4. The zero-order valence-electron chi connectivity index (χ0n) is 23.8. The van der Waals surface area contributed by atoms with Crippen LogP contribution in [0.1, 0.15) is 78.1 Å². The number of nitrogens with zero attached hydrogens (tertiary/aromatic N) is 1. The van der Waals surface area contributed by atoms with Gasteiger partial charge in [0, 0.05) is 36.9 Å². The van der Waals surface area contributed by atoms with Crippen molar-refractivity contribution in [1.82, 2.24) is 0 Å². The summed E-state index contributed by atoms with van der Waals surface area (Å²) in [4.78, 5) is 11.8. The van der Waals surface area contributed by atoms with Crippen LogP contribution in [0, 0.1) is 28.6 Å². The second-order valence-corrected chi connectivity index (χ2v) is 13.6. The molecule has 10 nitrogen and oxygen atoms in total. The molecular formula is C30H45NO9. The molecule has 0 radical (unpaired) electrons. The molecule has 0 aromatic heterocycles. The summed E-state index contributed by atoms with van der Waals surface area (Å²) < 4.78 is 23.0. The van der Waals surface area contributed by atoms with Crippen LogP contribution in [-0.2, 0) is 23.7 Å². The van der Waals surface area contributed by atoms with Crippen LogP contribution in [0.25, 0.3) is 0 Å². The molecule has 0 amide bonds. The zero-order valence-corrected chi connectivity index (χ0v) is 23.8. The van der Waals surface area contributed by atoms with Crippen molar-refractivity contribution in [2.24, 2.45) is 33.7 Å². The van der Waals surface area contributed by atoms with Gasteiger partial charge in [-0.3, -0.25) is 0 Å². The van der Waals surface area contributed by atoms with Crippen LogP contribution in [-0.4, -0.2) is 88.3 Å². The Bertz CT molecular complexity index is 1070.